The summed E-state index contributed by atoms with van der Waals surface area (Å²) in [6.07, 6.45) is 2.80. The predicted octanol–water partition coefficient (Wildman–Crippen LogP) is 3.92. The third kappa shape index (κ3) is 3.62. The second kappa shape index (κ2) is 8.95. The van der Waals surface area contributed by atoms with Crippen LogP contribution in [0.15, 0.2) is 12.1 Å². The number of amides is 1. The zero-order valence-corrected chi connectivity index (χ0v) is 18.2. The molecule has 6 nitrogen and oxygen atoms in total. The Hall–Kier alpha value is -2.08. The van der Waals surface area contributed by atoms with Gasteiger partial charge in [-0.2, -0.15) is 0 Å². The summed E-state index contributed by atoms with van der Waals surface area (Å²) in [6, 6.07) is 3.46. The number of esters is 1. The summed E-state index contributed by atoms with van der Waals surface area (Å²) in [5.41, 5.74) is 1.21. The van der Waals surface area contributed by atoms with Crippen LogP contribution < -0.4 is 10.1 Å². The van der Waals surface area contributed by atoms with Gasteiger partial charge in [0.25, 0.3) is 5.91 Å². The maximum atomic E-state index is 13.6. The number of nitrogens with zero attached hydrogens (tertiary/aromatic N) is 1. The number of hydrogen-bond donors (Lipinski definition) is 1. The zero-order valence-electron chi connectivity index (χ0n) is 18.2. The fraction of sp³-hybridized carbons (Fsp3) is 0.636. The van der Waals surface area contributed by atoms with Crippen molar-refractivity contribution < 1.29 is 23.5 Å². The van der Waals surface area contributed by atoms with Crippen LogP contribution in [-0.2, 0) is 9.53 Å². The molecule has 0 aliphatic heterocycles. The number of anilines is 1. The van der Waals surface area contributed by atoms with Crippen molar-refractivity contribution in [2.45, 2.75) is 59.4 Å². The van der Waals surface area contributed by atoms with Gasteiger partial charge in [0, 0.05) is 12.8 Å². The molecular formula is C22H35N2O4+. The molecular weight excluding hydrogens is 356 g/mol. The third-order valence-corrected chi connectivity index (χ3v) is 6.61. The molecule has 0 bridgehead atoms. The van der Waals surface area contributed by atoms with Crippen molar-refractivity contribution >= 4 is 17.6 Å². The number of hydrogen-bond acceptors (Lipinski definition) is 4. The minimum atomic E-state index is -0.454. The van der Waals surface area contributed by atoms with Gasteiger partial charge in [0.1, 0.15) is 5.75 Å². The Labute approximate surface area is 168 Å². The van der Waals surface area contributed by atoms with Crippen molar-refractivity contribution in [3.63, 3.8) is 0 Å². The van der Waals surface area contributed by atoms with E-state index >= 15 is 0 Å². The van der Waals surface area contributed by atoms with Crippen molar-refractivity contribution in [3.8, 4) is 5.75 Å². The highest BCUT2D eigenvalue weighted by molar-refractivity contribution is 6.05. The monoisotopic (exact) mass is 391 g/mol. The van der Waals surface area contributed by atoms with Gasteiger partial charge in [-0.1, -0.05) is 0 Å². The topological polar surface area (TPSA) is 64.6 Å². The number of nitrogens with one attached hydrogen (secondary N) is 1. The minimum Gasteiger partial charge on any atom is -0.497 e. The van der Waals surface area contributed by atoms with Crippen molar-refractivity contribution in [3.05, 3.63) is 23.3 Å². The summed E-state index contributed by atoms with van der Waals surface area (Å²) in [7, 11) is 1.56. The molecule has 0 unspecified atom stereocenters. The van der Waals surface area contributed by atoms with Crippen LogP contribution >= 0.6 is 0 Å². The average Bonchev–Trinajstić information content (AvgIpc) is 2.66. The van der Waals surface area contributed by atoms with Gasteiger partial charge in [0.05, 0.1) is 44.6 Å². The van der Waals surface area contributed by atoms with Gasteiger partial charge in [0.2, 0.25) is 0 Å². The van der Waals surface area contributed by atoms with Gasteiger partial charge < -0.3 is 19.3 Å². The lowest BCUT2D eigenvalue weighted by Gasteiger charge is -2.55. The summed E-state index contributed by atoms with van der Waals surface area (Å²) in [5, 5.41) is 3.11. The van der Waals surface area contributed by atoms with Crippen LogP contribution in [-0.4, -0.2) is 55.2 Å². The van der Waals surface area contributed by atoms with Gasteiger partial charge in [-0.05, 0) is 58.7 Å². The standard InChI is InChI=1S/C22H34N2O4/c1-7-24(8-2,9-3)22(12-11-13-22)21(26)23-19-16(5)14-17(27-6)15-18(19)20(25)28-10-4/h14-15H,7-13H2,1-6H3/p+1. The first kappa shape index (κ1) is 22.2. The highest BCUT2D eigenvalue weighted by Crippen LogP contribution is 2.44. The third-order valence-electron chi connectivity index (χ3n) is 6.61. The zero-order chi connectivity index (χ0) is 20.9. The number of likely N-dealkylation sites (N-methyl/N-ethyl adjacent to an activating group) is 1. The van der Waals surface area contributed by atoms with E-state index in [0.29, 0.717) is 17.0 Å². The first-order valence-electron chi connectivity index (χ1n) is 10.4. The van der Waals surface area contributed by atoms with E-state index in [-0.39, 0.29) is 12.5 Å². The van der Waals surface area contributed by atoms with Crippen LogP contribution in [0.25, 0.3) is 0 Å². The van der Waals surface area contributed by atoms with Gasteiger partial charge in [-0.3, -0.25) is 4.79 Å². The fourth-order valence-corrected chi connectivity index (χ4v) is 4.64. The lowest BCUT2D eigenvalue weighted by Crippen LogP contribution is -2.72. The van der Waals surface area contributed by atoms with Crippen LogP contribution in [0.2, 0.25) is 0 Å². The van der Waals surface area contributed by atoms with E-state index in [1.807, 2.05) is 13.0 Å². The average molecular weight is 392 g/mol. The Morgan fingerprint density at radius 1 is 1.11 bits per heavy atom. The molecule has 1 aliphatic carbocycles. The minimum absolute atomic E-state index is 0.00288. The number of carbonyl (C=O) groups is 2. The molecule has 1 aromatic rings. The number of aryl methyl sites for hydroxylation is 1. The molecule has 1 saturated carbocycles. The first-order chi connectivity index (χ1) is 13.3. The Kier molecular flexibility index (Phi) is 7.10. The van der Waals surface area contributed by atoms with E-state index in [1.165, 1.54) is 0 Å². The molecule has 1 N–H and O–H groups in total. The van der Waals surface area contributed by atoms with Crippen molar-refractivity contribution in [2.75, 3.05) is 38.7 Å². The normalized spacial score (nSPS) is 15.5. The molecule has 156 valence electrons. The SMILES string of the molecule is CCOC(=O)c1cc(OC)cc(C)c1NC(=O)C1([N+](CC)(CC)CC)CCC1. The number of quaternary nitrogens is 1. The van der Waals surface area contributed by atoms with Crippen LogP contribution in [0.4, 0.5) is 5.69 Å². The van der Waals surface area contributed by atoms with Gasteiger partial charge in [-0.15, -0.1) is 0 Å². The quantitative estimate of drug-likeness (QED) is 0.512. The molecule has 0 spiro atoms. The summed E-state index contributed by atoms with van der Waals surface area (Å²) in [4.78, 5) is 26.1. The molecule has 1 amide bonds. The van der Waals surface area contributed by atoms with E-state index < -0.39 is 11.5 Å². The van der Waals surface area contributed by atoms with Crippen LogP contribution in [0, 0.1) is 6.92 Å². The molecule has 1 aromatic carbocycles. The highest BCUT2D eigenvalue weighted by atomic mass is 16.5. The first-order valence-corrected chi connectivity index (χ1v) is 10.4. The van der Waals surface area contributed by atoms with Crippen molar-refractivity contribution in [1.29, 1.82) is 0 Å². The number of carbonyl (C=O) groups excluding carboxylic acids is 2. The van der Waals surface area contributed by atoms with Gasteiger partial charge >= 0.3 is 5.97 Å². The predicted molar refractivity (Wildman–Crippen MR) is 111 cm³/mol. The lowest BCUT2D eigenvalue weighted by atomic mass is 9.72. The fourth-order valence-electron chi connectivity index (χ4n) is 4.64. The molecule has 0 atom stereocenters. The summed E-state index contributed by atoms with van der Waals surface area (Å²) < 4.78 is 11.3. The van der Waals surface area contributed by atoms with Crippen molar-refractivity contribution in [1.82, 2.24) is 0 Å². The summed E-state index contributed by atoms with van der Waals surface area (Å²) in [5.74, 6) is 0.116. The molecule has 28 heavy (non-hydrogen) atoms. The second-order valence-electron chi connectivity index (χ2n) is 7.52. The lowest BCUT2D eigenvalue weighted by molar-refractivity contribution is -0.967. The Balaban J connectivity index is 2.46. The number of benzene rings is 1. The van der Waals surface area contributed by atoms with E-state index in [9.17, 15) is 9.59 Å². The van der Waals surface area contributed by atoms with E-state index in [1.54, 1.807) is 20.1 Å². The van der Waals surface area contributed by atoms with Gasteiger partial charge in [-0.25, -0.2) is 4.79 Å². The van der Waals surface area contributed by atoms with Gasteiger partial charge in [0.15, 0.2) is 5.54 Å². The highest BCUT2D eigenvalue weighted by Gasteiger charge is 2.58. The maximum absolute atomic E-state index is 13.6. The largest absolute Gasteiger partial charge is 0.497 e. The van der Waals surface area contributed by atoms with E-state index in [2.05, 4.69) is 26.1 Å². The number of methoxy groups -OCH3 is 1. The second-order valence-corrected chi connectivity index (χ2v) is 7.52. The van der Waals surface area contributed by atoms with E-state index in [0.717, 1.165) is 48.9 Å². The molecule has 1 fully saturated rings. The van der Waals surface area contributed by atoms with Crippen molar-refractivity contribution in [2.24, 2.45) is 0 Å². The molecule has 0 heterocycles. The molecule has 2 rings (SSSR count). The number of rotatable bonds is 9. The van der Waals surface area contributed by atoms with Crippen LogP contribution in [0.1, 0.15) is 62.9 Å². The Morgan fingerprint density at radius 3 is 2.14 bits per heavy atom. The van der Waals surface area contributed by atoms with E-state index in [4.69, 9.17) is 9.47 Å². The number of ether oxygens (including phenoxy) is 2. The molecule has 6 heteroatoms. The summed E-state index contributed by atoms with van der Waals surface area (Å²) >= 11 is 0. The summed E-state index contributed by atoms with van der Waals surface area (Å²) in [6.45, 7) is 13.1. The molecule has 0 saturated heterocycles. The molecule has 1 aliphatic rings. The smallest absolute Gasteiger partial charge is 0.340 e. The molecule has 0 radical (unpaired) electrons. The van der Waals surface area contributed by atoms with Crippen LogP contribution in [0.5, 0.6) is 5.75 Å². The Morgan fingerprint density at radius 2 is 1.71 bits per heavy atom. The molecule has 0 aromatic heterocycles. The Bertz CT molecular complexity index is 713. The maximum Gasteiger partial charge on any atom is 0.340 e. The van der Waals surface area contributed by atoms with Crippen LogP contribution in [0.3, 0.4) is 0 Å².